The molecule has 2 aromatic carbocycles. The Morgan fingerprint density at radius 3 is 2.21 bits per heavy atom. The Labute approximate surface area is 286 Å². The summed E-state index contributed by atoms with van der Waals surface area (Å²) < 4.78 is 18.7. The van der Waals surface area contributed by atoms with Crippen LogP contribution >= 0.6 is 0 Å². The zero-order valence-corrected chi connectivity index (χ0v) is 30.9. The first-order chi connectivity index (χ1) is 22.6. The minimum atomic E-state index is -2.69. The summed E-state index contributed by atoms with van der Waals surface area (Å²) in [5.41, 5.74) is 3.46. The van der Waals surface area contributed by atoms with Crippen LogP contribution in [0.4, 0.5) is 0 Å². The van der Waals surface area contributed by atoms with Gasteiger partial charge in [0, 0.05) is 6.61 Å². The highest BCUT2D eigenvalue weighted by Crippen LogP contribution is 2.37. The van der Waals surface area contributed by atoms with Crippen molar-refractivity contribution >= 4 is 18.7 Å². The van der Waals surface area contributed by atoms with Gasteiger partial charge < -0.3 is 24.1 Å². The molecule has 47 heavy (non-hydrogen) atoms. The maximum atomic E-state index is 10.2. The highest BCUT2D eigenvalue weighted by atomic mass is 28.4. The van der Waals surface area contributed by atoms with E-state index in [1.807, 2.05) is 6.92 Å². The molecule has 0 amide bonds. The summed E-state index contributed by atoms with van der Waals surface area (Å²) >= 11 is 0. The predicted octanol–water partition coefficient (Wildman–Crippen LogP) is 8.26. The smallest absolute Gasteiger partial charge is 0.261 e. The van der Waals surface area contributed by atoms with Crippen LogP contribution in [0.3, 0.4) is 0 Å². The van der Waals surface area contributed by atoms with E-state index in [-0.39, 0.29) is 30.0 Å². The summed E-state index contributed by atoms with van der Waals surface area (Å²) in [6, 6.07) is 21.4. The van der Waals surface area contributed by atoms with Crippen molar-refractivity contribution in [1.29, 1.82) is 0 Å². The van der Waals surface area contributed by atoms with Crippen molar-refractivity contribution in [3.05, 3.63) is 96.1 Å². The molecule has 5 nitrogen and oxygen atoms in total. The SMILES string of the molecule is C=C(CO[Si](c1ccccc1)(c1ccccc1)C(C)(C)C)[C@H](C/C=C(\CO)CC/C=C(\C)CCCOC1CCCCO1)CCC(C)O. The lowest BCUT2D eigenvalue weighted by molar-refractivity contribution is -0.162. The lowest BCUT2D eigenvalue weighted by Crippen LogP contribution is -2.66. The van der Waals surface area contributed by atoms with Crippen molar-refractivity contribution in [3.63, 3.8) is 0 Å². The average Bonchev–Trinajstić information content (AvgIpc) is 3.06. The Hall–Kier alpha value is -2.32. The highest BCUT2D eigenvalue weighted by molar-refractivity contribution is 6.99. The summed E-state index contributed by atoms with van der Waals surface area (Å²) in [7, 11) is -2.69. The van der Waals surface area contributed by atoms with Crippen molar-refractivity contribution in [1.82, 2.24) is 0 Å². The summed E-state index contributed by atoms with van der Waals surface area (Å²) in [6.07, 6.45) is 13.5. The van der Waals surface area contributed by atoms with Gasteiger partial charge in [0.05, 0.1) is 25.9 Å². The summed E-state index contributed by atoms with van der Waals surface area (Å²) in [5.74, 6) is 0.148. The number of aliphatic hydroxyl groups excluding tert-OH is 2. The van der Waals surface area contributed by atoms with E-state index >= 15 is 0 Å². The van der Waals surface area contributed by atoms with Gasteiger partial charge in [0.15, 0.2) is 6.29 Å². The second-order valence-corrected chi connectivity index (χ2v) is 18.7. The first-order valence-electron chi connectivity index (χ1n) is 17.8. The number of benzene rings is 2. The number of hydrogen-bond donors (Lipinski definition) is 2. The quantitative estimate of drug-likeness (QED) is 0.0849. The number of allylic oxidation sites excluding steroid dienone is 3. The number of rotatable bonds is 20. The Balaban J connectivity index is 1.64. The van der Waals surface area contributed by atoms with Crippen molar-refractivity contribution < 1.29 is 24.1 Å². The molecule has 1 fully saturated rings. The molecule has 6 heteroatoms. The molecule has 1 aliphatic rings. The van der Waals surface area contributed by atoms with E-state index in [9.17, 15) is 10.2 Å². The molecule has 1 aliphatic heterocycles. The third-order valence-corrected chi connectivity index (χ3v) is 14.4. The van der Waals surface area contributed by atoms with Gasteiger partial charge in [-0.1, -0.05) is 106 Å². The van der Waals surface area contributed by atoms with Gasteiger partial charge in [0.25, 0.3) is 8.32 Å². The Bertz CT molecular complexity index is 1190. The Morgan fingerprint density at radius 1 is 1.00 bits per heavy atom. The van der Waals surface area contributed by atoms with Crippen LogP contribution in [0.1, 0.15) is 98.8 Å². The molecule has 0 spiro atoms. The van der Waals surface area contributed by atoms with Crippen LogP contribution in [-0.2, 0) is 13.9 Å². The van der Waals surface area contributed by atoms with E-state index in [2.05, 4.69) is 107 Å². The second kappa shape index (κ2) is 20.2. The van der Waals surface area contributed by atoms with Crippen LogP contribution in [0.5, 0.6) is 0 Å². The van der Waals surface area contributed by atoms with Gasteiger partial charge >= 0.3 is 0 Å². The van der Waals surface area contributed by atoms with Crippen LogP contribution in [0, 0.1) is 5.92 Å². The first kappa shape index (κ1) is 39.1. The van der Waals surface area contributed by atoms with E-state index in [4.69, 9.17) is 13.9 Å². The highest BCUT2D eigenvalue weighted by Gasteiger charge is 2.50. The summed E-state index contributed by atoms with van der Waals surface area (Å²) in [5, 5.41) is 22.8. The molecule has 0 aromatic heterocycles. The molecule has 1 saturated heterocycles. The van der Waals surface area contributed by atoms with Crippen LogP contribution in [0.2, 0.25) is 5.04 Å². The van der Waals surface area contributed by atoms with Crippen molar-refractivity contribution in [2.75, 3.05) is 26.4 Å². The molecule has 3 atom stereocenters. The van der Waals surface area contributed by atoms with Crippen LogP contribution < -0.4 is 10.4 Å². The van der Waals surface area contributed by atoms with Gasteiger partial charge in [-0.25, -0.2) is 0 Å². The van der Waals surface area contributed by atoms with Crippen LogP contribution in [-0.4, -0.2) is 57.4 Å². The van der Waals surface area contributed by atoms with Gasteiger partial charge in [-0.2, -0.15) is 0 Å². The fourth-order valence-electron chi connectivity index (χ4n) is 6.58. The largest absolute Gasteiger partial charge is 0.403 e. The average molecular weight is 663 g/mol. The normalized spacial score (nSPS) is 17.8. The van der Waals surface area contributed by atoms with Crippen LogP contribution in [0.15, 0.2) is 96.1 Å². The fourth-order valence-corrected chi connectivity index (χ4v) is 11.1. The molecule has 260 valence electrons. The third kappa shape index (κ3) is 12.6. The number of hydrogen-bond acceptors (Lipinski definition) is 5. The van der Waals surface area contributed by atoms with E-state index in [1.165, 1.54) is 22.4 Å². The predicted molar refractivity (Wildman–Crippen MR) is 199 cm³/mol. The second-order valence-electron chi connectivity index (χ2n) is 14.3. The molecule has 2 unspecified atom stereocenters. The number of aliphatic hydroxyl groups is 2. The molecule has 1 heterocycles. The van der Waals surface area contributed by atoms with Gasteiger partial charge in [-0.05, 0) is 111 Å². The molecule has 0 aliphatic carbocycles. The topological polar surface area (TPSA) is 68.2 Å². The molecule has 2 aromatic rings. The fraction of sp³-hybridized carbons (Fsp3) is 0.561. The molecule has 2 N–H and O–H groups in total. The van der Waals surface area contributed by atoms with Gasteiger partial charge in [0.2, 0.25) is 0 Å². The molecular formula is C41H62O5Si. The zero-order valence-electron chi connectivity index (χ0n) is 29.9. The van der Waals surface area contributed by atoms with Crippen molar-refractivity contribution in [2.45, 2.75) is 116 Å². The molecule has 0 saturated carbocycles. The van der Waals surface area contributed by atoms with Crippen molar-refractivity contribution in [3.8, 4) is 0 Å². The summed E-state index contributed by atoms with van der Waals surface area (Å²) in [6.45, 7) is 17.5. The molecule has 0 radical (unpaired) electrons. The van der Waals surface area contributed by atoms with Crippen molar-refractivity contribution in [2.24, 2.45) is 5.92 Å². The molecule has 0 bridgehead atoms. The maximum Gasteiger partial charge on any atom is 0.261 e. The monoisotopic (exact) mass is 662 g/mol. The standard InChI is InChI=1S/C41H62O5Si/c1-33(18-16-30-45-40-24-13-14-29-44-40)17-15-19-36(31-42)26-28-37(27-25-35(3)43)34(2)32-46-47(41(4,5)6,38-20-9-7-10-21-38)39-22-11-8-12-23-39/h7-12,17,20-23,26,35,37,40,42-43H,2,13-16,18-19,24-25,27-32H2,1,3-6H3/b33-17+,36-26-/t35?,37-,40?/m0/s1. The third-order valence-electron chi connectivity index (χ3n) is 9.41. The van der Waals surface area contributed by atoms with E-state index < -0.39 is 8.32 Å². The van der Waals surface area contributed by atoms with Gasteiger partial charge in [-0.15, -0.1) is 0 Å². The zero-order chi connectivity index (χ0) is 34.1. The molecule has 3 rings (SSSR count). The Kier molecular flexibility index (Phi) is 16.9. The summed E-state index contributed by atoms with van der Waals surface area (Å²) in [4.78, 5) is 0. The maximum absolute atomic E-state index is 10.2. The van der Waals surface area contributed by atoms with Gasteiger partial charge in [-0.3, -0.25) is 0 Å². The Morgan fingerprint density at radius 2 is 1.66 bits per heavy atom. The lowest BCUT2D eigenvalue weighted by atomic mass is 9.90. The number of ether oxygens (including phenoxy) is 2. The van der Waals surface area contributed by atoms with E-state index in [0.717, 1.165) is 75.7 Å². The first-order valence-corrected chi connectivity index (χ1v) is 19.8. The minimum absolute atomic E-state index is 0.0202. The minimum Gasteiger partial charge on any atom is -0.403 e. The van der Waals surface area contributed by atoms with E-state index in [1.54, 1.807) is 0 Å². The van der Waals surface area contributed by atoms with E-state index in [0.29, 0.717) is 13.0 Å². The lowest BCUT2D eigenvalue weighted by Gasteiger charge is -2.43. The van der Waals surface area contributed by atoms with Gasteiger partial charge in [0.1, 0.15) is 0 Å². The molecular weight excluding hydrogens is 601 g/mol. The van der Waals surface area contributed by atoms with Crippen LogP contribution in [0.25, 0.3) is 0 Å².